The molecule has 1 aromatic carbocycles. The van der Waals surface area contributed by atoms with E-state index in [-0.39, 0.29) is 42.3 Å². The largest absolute Gasteiger partial charge is 0.444 e. The van der Waals surface area contributed by atoms with Crippen LogP contribution in [0.25, 0.3) is 0 Å². The minimum Gasteiger partial charge on any atom is -0.444 e. The predicted molar refractivity (Wildman–Crippen MR) is 186 cm³/mol. The van der Waals surface area contributed by atoms with Gasteiger partial charge in [0.2, 0.25) is 0 Å². The first-order valence-electron chi connectivity index (χ1n) is 16.0. The molecule has 0 heterocycles. The van der Waals surface area contributed by atoms with E-state index in [1.165, 1.54) is 0 Å². The zero-order valence-corrected chi connectivity index (χ0v) is 30.8. The molecule has 0 radical (unpaired) electrons. The van der Waals surface area contributed by atoms with Crippen molar-refractivity contribution in [1.29, 1.82) is 0 Å². The molecule has 19 heteroatoms. The maximum atomic E-state index is 11.6. The third-order valence-corrected chi connectivity index (χ3v) is 7.58. The summed E-state index contributed by atoms with van der Waals surface area (Å²) in [5.41, 5.74) is 3.35. The van der Waals surface area contributed by atoms with Gasteiger partial charge in [-0.05, 0) is 97.0 Å². The number of aliphatic hydroxyl groups is 2. The average molecular weight is 794 g/mol. The summed E-state index contributed by atoms with van der Waals surface area (Å²) in [5.74, 6) is 0.483. The molecule has 0 spiro atoms. The van der Waals surface area contributed by atoms with Gasteiger partial charge in [-0.2, -0.15) is 5.10 Å². The zero-order chi connectivity index (χ0) is 40.2. The smallest absolute Gasteiger partial charge is 0.428 e. The van der Waals surface area contributed by atoms with Gasteiger partial charge >= 0.3 is 12.2 Å². The van der Waals surface area contributed by atoms with Crippen molar-refractivity contribution in [2.75, 3.05) is 26.4 Å². The molecule has 0 unspecified atom stereocenters. The van der Waals surface area contributed by atoms with Crippen LogP contribution in [-0.4, -0.2) is 65.7 Å². The van der Waals surface area contributed by atoms with Gasteiger partial charge in [0.05, 0.1) is 6.61 Å². The van der Waals surface area contributed by atoms with Gasteiger partial charge in [0.25, 0.3) is 0 Å². The third-order valence-electron chi connectivity index (χ3n) is 7.58. The predicted octanol–water partition coefficient (Wildman–Crippen LogP) is 10.1. The van der Waals surface area contributed by atoms with Gasteiger partial charge in [-0.1, -0.05) is 51.1 Å². The molecule has 1 aromatic rings. The summed E-state index contributed by atoms with van der Waals surface area (Å²) in [5, 5.41) is 26.0. The molecule has 2 aliphatic carbocycles. The maximum Gasteiger partial charge on any atom is 0.428 e. The minimum atomic E-state index is -0.562. The Hall–Kier alpha value is -3.32. The highest BCUT2D eigenvalue weighted by Gasteiger charge is 2.43. The van der Waals surface area contributed by atoms with Crippen molar-refractivity contribution in [3.8, 4) is 0 Å². The van der Waals surface area contributed by atoms with Gasteiger partial charge in [0, 0.05) is 74.1 Å². The first kappa shape index (κ1) is 59.0. The topological polar surface area (TPSA) is 139 Å². The lowest BCUT2D eigenvalue weighted by molar-refractivity contribution is -0.0144. The highest BCUT2D eigenvalue weighted by Crippen LogP contribution is 2.48. The molecule has 0 aromatic heterocycles. The van der Waals surface area contributed by atoms with Crippen LogP contribution in [0.2, 0.25) is 0 Å². The van der Waals surface area contributed by atoms with E-state index >= 15 is 0 Å². The highest BCUT2D eigenvalue weighted by molar-refractivity contribution is 5.92. The molecule has 53 heavy (non-hydrogen) atoms. The lowest BCUT2D eigenvalue weighted by atomic mass is 9.60. The monoisotopic (exact) mass is 793 g/mol. The van der Waals surface area contributed by atoms with Gasteiger partial charge in [-0.25, -0.2) is 15.0 Å². The fourth-order valence-electron chi connectivity index (χ4n) is 5.53. The summed E-state index contributed by atoms with van der Waals surface area (Å²) >= 11 is 0. The van der Waals surface area contributed by atoms with Crippen molar-refractivity contribution >= 4 is 17.9 Å². The summed E-state index contributed by atoms with van der Waals surface area (Å²) < 4.78 is 80.0. The van der Waals surface area contributed by atoms with E-state index in [1.54, 1.807) is 20.8 Å². The third kappa shape index (κ3) is 27.0. The molecular formula is C34H60F9N3O7. The Bertz CT molecular complexity index is 1050. The van der Waals surface area contributed by atoms with Gasteiger partial charge in [-0.15, -0.1) is 0 Å². The second-order valence-electron chi connectivity index (χ2n) is 14.2. The van der Waals surface area contributed by atoms with Crippen molar-refractivity contribution in [2.24, 2.45) is 21.8 Å². The van der Waals surface area contributed by atoms with Crippen LogP contribution >= 0.6 is 0 Å². The number of hydrogen-bond acceptors (Lipinski definition) is 8. The molecule has 3 rings (SSSR count). The first-order valence-corrected chi connectivity index (χ1v) is 16.0. The number of nitrogens with zero attached hydrogens (tertiary/aromatic N) is 1. The fraction of sp³-hybridized carbons (Fsp3) is 0.735. The number of aliphatic hydroxyl groups excluding tert-OH is 2. The van der Waals surface area contributed by atoms with E-state index in [4.69, 9.17) is 50.8 Å². The zero-order valence-electron chi connectivity index (χ0n) is 30.8. The van der Waals surface area contributed by atoms with Crippen molar-refractivity contribution in [2.45, 2.75) is 119 Å². The van der Waals surface area contributed by atoms with Crippen molar-refractivity contribution in [3.63, 3.8) is 0 Å². The fourth-order valence-corrected chi connectivity index (χ4v) is 5.53. The molecule has 0 saturated heterocycles. The van der Waals surface area contributed by atoms with Crippen LogP contribution in [0.5, 0.6) is 0 Å². The molecule has 0 aliphatic heterocycles. The number of carbonyl (C=O) groups excluding carboxylic acids is 2. The summed E-state index contributed by atoms with van der Waals surface area (Å²) in [6.07, 6.45) is 5.37. The Morgan fingerprint density at radius 3 is 1.72 bits per heavy atom. The molecule has 4 N–H and O–H groups in total. The van der Waals surface area contributed by atoms with Crippen LogP contribution in [-0.2, 0) is 20.8 Å². The van der Waals surface area contributed by atoms with Gasteiger partial charge in [-0.3, -0.25) is 4.70 Å². The number of ether oxygens (including phenoxy) is 3. The molecule has 2 fully saturated rings. The number of nitrogens with one attached hydrogen (secondary N) is 2. The van der Waals surface area contributed by atoms with Crippen molar-refractivity contribution < 1.29 is 75.3 Å². The molecule has 2 amide bonds. The Morgan fingerprint density at radius 2 is 1.28 bits per heavy atom. The molecular weight excluding hydrogens is 733 g/mol. The van der Waals surface area contributed by atoms with Gasteiger partial charge < -0.3 is 29.7 Å². The molecule has 2 aliphatic rings. The van der Waals surface area contributed by atoms with Crippen LogP contribution in [0.3, 0.4) is 0 Å². The average Bonchev–Trinajstić information content (AvgIpc) is 3.07. The van der Waals surface area contributed by atoms with E-state index in [0.717, 1.165) is 43.4 Å². The summed E-state index contributed by atoms with van der Waals surface area (Å²) in [6.45, 7) is 15.3. The van der Waals surface area contributed by atoms with Crippen LogP contribution in [0, 0.1) is 16.7 Å². The maximum absolute atomic E-state index is 11.6. The summed E-state index contributed by atoms with van der Waals surface area (Å²) in [6, 6.07) is 10.0. The lowest BCUT2D eigenvalue weighted by Crippen LogP contribution is -2.46. The summed E-state index contributed by atoms with van der Waals surface area (Å²) in [7, 11) is 0. The SMILES string of the molecule is C.CC(C)(C)OC(=O)NN=C1CC(CO)(CCOCc2ccccc2)C1.CCCC1(CO)CC(CNC(=O)OC(C)(C)C)C1.F.FF.FF.FF.FF. The normalized spacial score (nSPS) is 19.2. The number of halogens is 9. The van der Waals surface area contributed by atoms with Crippen LogP contribution < -0.4 is 10.7 Å². The van der Waals surface area contributed by atoms with E-state index in [2.05, 4.69) is 22.8 Å². The summed E-state index contributed by atoms with van der Waals surface area (Å²) in [4.78, 5) is 23.0. The van der Waals surface area contributed by atoms with E-state index in [0.29, 0.717) is 38.5 Å². The number of amides is 2. The number of carbonyl (C=O) groups is 2. The Labute approximate surface area is 306 Å². The van der Waals surface area contributed by atoms with Crippen molar-refractivity contribution in [1.82, 2.24) is 10.7 Å². The highest BCUT2D eigenvalue weighted by atomic mass is 20.0. The number of benzene rings is 1. The molecule has 10 nitrogen and oxygen atoms in total. The second-order valence-corrected chi connectivity index (χ2v) is 14.2. The quantitative estimate of drug-likeness (QED) is 0.0939. The standard InChI is InChI=1S/C19H28N2O4.C14H27NO3.CH4.4F2.FH/c1-18(2,3)25-17(23)21-20-16-11-19(12-16,14-22)9-10-24-13-15-7-5-4-6-8-15;1-5-6-14(10-16)7-11(8-14)9-15-12(17)18-13(2,3)4;;4*1-2;/h4-8,22H,9-14H2,1-3H3,(H,21,23);11,16H,5-10H2,1-4H3,(H,15,17);1H4;;;;;1H. The molecule has 0 bridgehead atoms. The lowest BCUT2D eigenvalue weighted by Gasteiger charge is -2.47. The van der Waals surface area contributed by atoms with Crippen LogP contribution in [0.15, 0.2) is 35.4 Å². The van der Waals surface area contributed by atoms with E-state index in [9.17, 15) is 19.8 Å². The number of rotatable bonds is 12. The first-order chi connectivity index (χ1) is 24.1. The molecule has 2 saturated carbocycles. The minimum absolute atomic E-state index is 0. The Morgan fingerprint density at radius 1 is 0.811 bits per heavy atom. The second kappa shape index (κ2) is 32.1. The van der Waals surface area contributed by atoms with Crippen molar-refractivity contribution in [3.05, 3.63) is 35.9 Å². The number of hydrogen-bond donors (Lipinski definition) is 4. The van der Waals surface area contributed by atoms with E-state index < -0.39 is 17.3 Å². The van der Waals surface area contributed by atoms with Crippen LogP contribution in [0.1, 0.15) is 106 Å². The number of hydrazone groups is 1. The molecule has 0 atom stereocenters. The number of alkyl carbamates (subject to hydrolysis) is 1. The van der Waals surface area contributed by atoms with Gasteiger partial charge in [0.15, 0.2) is 0 Å². The van der Waals surface area contributed by atoms with Crippen LogP contribution in [0.4, 0.5) is 50.9 Å². The Kier molecular flexibility index (Phi) is 35.8. The Balaban J connectivity index is -0.000000243. The molecule has 316 valence electrons. The van der Waals surface area contributed by atoms with Gasteiger partial charge in [0.1, 0.15) is 11.2 Å². The van der Waals surface area contributed by atoms with E-state index in [1.807, 2.05) is 51.1 Å².